The van der Waals surface area contributed by atoms with Crippen LogP contribution in [0.25, 0.3) is 6.08 Å². The van der Waals surface area contributed by atoms with Crippen LogP contribution in [-0.2, 0) is 21.2 Å². The maximum atomic E-state index is 12.2. The third kappa shape index (κ3) is 6.32. The molecule has 0 aromatic heterocycles. The third-order valence-corrected chi connectivity index (χ3v) is 5.80. The number of hydrogen-bond acceptors (Lipinski definition) is 3. The summed E-state index contributed by atoms with van der Waals surface area (Å²) < 4.78 is 25.7. The summed E-state index contributed by atoms with van der Waals surface area (Å²) in [5.74, 6) is 0.409. The molecule has 0 radical (unpaired) electrons. The number of sulfonamides is 1. The summed E-state index contributed by atoms with van der Waals surface area (Å²) in [5.41, 5.74) is 3.09. The van der Waals surface area contributed by atoms with E-state index in [1.54, 1.807) is 18.2 Å². The number of carbonyl (C=O) groups is 1. The molecule has 0 saturated heterocycles. The largest absolute Gasteiger partial charge is 0.346 e. The number of hydrogen-bond donors (Lipinski definition) is 2. The van der Waals surface area contributed by atoms with Crippen LogP contribution in [0.2, 0.25) is 0 Å². The normalized spacial score (nSPS) is 13.0. The van der Waals surface area contributed by atoms with Crippen molar-refractivity contribution in [2.45, 2.75) is 38.1 Å². The molecule has 2 rings (SSSR count). The highest BCUT2D eigenvalue weighted by Crippen LogP contribution is 2.16. The molecule has 0 aliphatic heterocycles. The number of amides is 1. The first kappa shape index (κ1) is 21.9. The fourth-order valence-corrected chi connectivity index (χ4v) is 3.54. The molecule has 2 aromatic carbocycles. The maximum Gasteiger partial charge on any atom is 0.244 e. The SMILES string of the molecule is CNS(=O)(=O)c1ccc(/C=C/C(=O)NC(C)c2ccc(CC(C)C)cc2)cc1. The van der Waals surface area contributed by atoms with E-state index in [9.17, 15) is 13.2 Å². The van der Waals surface area contributed by atoms with Crippen molar-refractivity contribution in [2.24, 2.45) is 5.92 Å². The summed E-state index contributed by atoms with van der Waals surface area (Å²) in [5, 5.41) is 2.94. The Morgan fingerprint density at radius 3 is 2.14 bits per heavy atom. The molecule has 1 unspecified atom stereocenters. The van der Waals surface area contributed by atoms with Crippen LogP contribution in [0, 0.1) is 5.92 Å². The Balaban J connectivity index is 1.95. The van der Waals surface area contributed by atoms with Crippen molar-refractivity contribution in [1.29, 1.82) is 0 Å². The van der Waals surface area contributed by atoms with E-state index >= 15 is 0 Å². The van der Waals surface area contributed by atoms with Crippen LogP contribution in [0.15, 0.2) is 59.5 Å². The van der Waals surface area contributed by atoms with Gasteiger partial charge in [-0.2, -0.15) is 0 Å². The average molecular weight is 401 g/mol. The first-order valence-corrected chi connectivity index (χ1v) is 10.8. The fraction of sp³-hybridized carbons (Fsp3) is 0.318. The highest BCUT2D eigenvalue weighted by molar-refractivity contribution is 7.89. The zero-order chi connectivity index (χ0) is 20.7. The van der Waals surface area contributed by atoms with E-state index < -0.39 is 10.0 Å². The van der Waals surface area contributed by atoms with Gasteiger partial charge >= 0.3 is 0 Å². The Morgan fingerprint density at radius 1 is 1.00 bits per heavy atom. The first-order valence-electron chi connectivity index (χ1n) is 9.32. The number of benzene rings is 2. The molecule has 0 bridgehead atoms. The van der Waals surface area contributed by atoms with E-state index in [-0.39, 0.29) is 16.8 Å². The molecular formula is C22H28N2O3S. The third-order valence-electron chi connectivity index (χ3n) is 4.37. The first-order chi connectivity index (χ1) is 13.2. The fourth-order valence-electron chi connectivity index (χ4n) is 2.81. The number of nitrogens with one attached hydrogen (secondary N) is 2. The molecule has 0 heterocycles. The smallest absolute Gasteiger partial charge is 0.244 e. The lowest BCUT2D eigenvalue weighted by atomic mass is 10.00. The lowest BCUT2D eigenvalue weighted by molar-refractivity contribution is -0.117. The molecule has 0 saturated carbocycles. The van der Waals surface area contributed by atoms with E-state index in [1.807, 2.05) is 19.1 Å². The van der Waals surface area contributed by atoms with Crippen LogP contribution < -0.4 is 10.0 Å². The Morgan fingerprint density at radius 2 is 1.61 bits per heavy atom. The average Bonchev–Trinajstić information content (AvgIpc) is 2.66. The Labute approximate surface area is 167 Å². The Bertz CT molecular complexity index is 915. The van der Waals surface area contributed by atoms with Gasteiger partial charge in [-0.25, -0.2) is 13.1 Å². The summed E-state index contributed by atoms with van der Waals surface area (Å²) in [6.45, 7) is 6.33. The van der Waals surface area contributed by atoms with E-state index in [0.717, 1.165) is 17.5 Å². The van der Waals surface area contributed by atoms with Crippen LogP contribution in [-0.4, -0.2) is 21.4 Å². The second-order valence-electron chi connectivity index (χ2n) is 7.18. The van der Waals surface area contributed by atoms with Crippen LogP contribution in [0.1, 0.15) is 43.5 Å². The van der Waals surface area contributed by atoms with E-state index in [4.69, 9.17) is 0 Å². The van der Waals surface area contributed by atoms with Crippen molar-refractivity contribution in [3.8, 4) is 0 Å². The minimum Gasteiger partial charge on any atom is -0.346 e. The monoisotopic (exact) mass is 400 g/mol. The van der Waals surface area contributed by atoms with Gasteiger partial charge in [0.2, 0.25) is 15.9 Å². The van der Waals surface area contributed by atoms with Gasteiger partial charge in [-0.15, -0.1) is 0 Å². The molecule has 2 aromatic rings. The number of carbonyl (C=O) groups excluding carboxylic acids is 1. The van der Waals surface area contributed by atoms with Gasteiger partial charge in [0.25, 0.3) is 0 Å². The predicted molar refractivity (Wildman–Crippen MR) is 113 cm³/mol. The van der Waals surface area contributed by atoms with Crippen molar-refractivity contribution >= 4 is 22.0 Å². The van der Waals surface area contributed by atoms with Crippen LogP contribution in [0.4, 0.5) is 0 Å². The molecule has 0 fully saturated rings. The molecule has 2 N–H and O–H groups in total. The van der Waals surface area contributed by atoms with Crippen molar-refractivity contribution in [3.05, 3.63) is 71.3 Å². The van der Waals surface area contributed by atoms with Gasteiger partial charge in [0.1, 0.15) is 0 Å². The van der Waals surface area contributed by atoms with Crippen LogP contribution in [0.5, 0.6) is 0 Å². The lowest BCUT2D eigenvalue weighted by Gasteiger charge is -2.14. The molecule has 0 aliphatic carbocycles. The minimum absolute atomic E-state index is 0.103. The standard InChI is InChI=1S/C22H28N2O3S/c1-16(2)15-19-5-10-20(11-6-19)17(3)24-22(25)14-9-18-7-12-21(13-8-18)28(26,27)23-4/h5-14,16-17,23H,15H2,1-4H3,(H,24,25)/b14-9+. The van der Waals surface area contributed by atoms with Crippen molar-refractivity contribution in [1.82, 2.24) is 10.0 Å². The zero-order valence-corrected chi connectivity index (χ0v) is 17.6. The predicted octanol–water partition coefficient (Wildman–Crippen LogP) is 3.68. The molecule has 0 spiro atoms. The summed E-state index contributed by atoms with van der Waals surface area (Å²) in [7, 11) is -2.09. The molecule has 6 heteroatoms. The minimum atomic E-state index is -3.46. The van der Waals surface area contributed by atoms with Crippen molar-refractivity contribution in [2.75, 3.05) is 7.05 Å². The van der Waals surface area contributed by atoms with E-state index in [1.165, 1.54) is 30.8 Å². The summed E-state index contributed by atoms with van der Waals surface area (Å²) >= 11 is 0. The van der Waals surface area contributed by atoms with E-state index in [2.05, 4.69) is 36.0 Å². The van der Waals surface area contributed by atoms with Gasteiger partial charge in [0, 0.05) is 6.08 Å². The lowest BCUT2D eigenvalue weighted by Crippen LogP contribution is -2.24. The summed E-state index contributed by atoms with van der Waals surface area (Å²) in [6.07, 6.45) is 4.15. The molecule has 1 amide bonds. The van der Waals surface area contributed by atoms with Gasteiger partial charge in [-0.3, -0.25) is 4.79 Å². The van der Waals surface area contributed by atoms with Crippen molar-refractivity contribution < 1.29 is 13.2 Å². The molecule has 0 aliphatic rings. The van der Waals surface area contributed by atoms with Gasteiger partial charge < -0.3 is 5.32 Å². The Hall–Kier alpha value is -2.44. The van der Waals surface area contributed by atoms with Crippen LogP contribution in [0.3, 0.4) is 0 Å². The highest BCUT2D eigenvalue weighted by Gasteiger charge is 2.10. The second kappa shape index (κ2) is 9.66. The second-order valence-corrected chi connectivity index (χ2v) is 9.07. The maximum absolute atomic E-state index is 12.2. The van der Waals surface area contributed by atoms with E-state index in [0.29, 0.717) is 5.92 Å². The molecule has 28 heavy (non-hydrogen) atoms. The summed E-state index contributed by atoms with van der Waals surface area (Å²) in [6, 6.07) is 14.5. The quantitative estimate of drug-likeness (QED) is 0.664. The van der Waals surface area contributed by atoms with Gasteiger partial charge in [0.05, 0.1) is 10.9 Å². The zero-order valence-electron chi connectivity index (χ0n) is 16.8. The molecule has 5 nitrogen and oxygen atoms in total. The number of rotatable bonds is 8. The van der Waals surface area contributed by atoms with Crippen LogP contribution >= 0.6 is 0 Å². The summed E-state index contributed by atoms with van der Waals surface area (Å²) in [4.78, 5) is 12.4. The van der Waals surface area contributed by atoms with Gasteiger partial charge in [-0.05, 0) is 61.2 Å². The molecule has 150 valence electrons. The van der Waals surface area contributed by atoms with Gasteiger partial charge in [-0.1, -0.05) is 50.2 Å². The van der Waals surface area contributed by atoms with Gasteiger partial charge in [0.15, 0.2) is 0 Å². The molecular weight excluding hydrogens is 372 g/mol. The molecule has 1 atom stereocenters. The highest BCUT2D eigenvalue weighted by atomic mass is 32.2. The topological polar surface area (TPSA) is 75.3 Å². The van der Waals surface area contributed by atoms with Crippen molar-refractivity contribution in [3.63, 3.8) is 0 Å². The Kier molecular flexibility index (Phi) is 7.54.